The number of carboxylic acid groups (broad SMARTS) is 1. The highest BCUT2D eigenvalue weighted by Crippen LogP contribution is 2.27. The zero-order chi connectivity index (χ0) is 10.7. The third-order valence-corrected chi connectivity index (χ3v) is 2.64. The summed E-state index contributed by atoms with van der Waals surface area (Å²) in [5.74, 6) is -0.961. The summed E-state index contributed by atoms with van der Waals surface area (Å²) in [4.78, 5) is 10.5. The monoisotopic (exact) mass is 273 g/mol. The zero-order valence-electron chi connectivity index (χ0n) is 6.92. The molecule has 5 heteroatoms. The van der Waals surface area contributed by atoms with Crippen LogP contribution in [0.3, 0.4) is 0 Å². The standard InChI is InChI=1S/C9H5BrClNO2/c10-7-1-5(4-12)2-8(11)6(7)3-9(13)14/h1-2H,3H2,(H,13,14). The fraction of sp³-hybridized carbons (Fsp3) is 0.111. The summed E-state index contributed by atoms with van der Waals surface area (Å²) in [7, 11) is 0. The molecule has 1 aromatic rings. The highest BCUT2D eigenvalue weighted by atomic mass is 79.9. The van der Waals surface area contributed by atoms with Gasteiger partial charge in [-0.25, -0.2) is 0 Å². The normalized spacial score (nSPS) is 9.50. The van der Waals surface area contributed by atoms with Crippen molar-refractivity contribution in [1.29, 1.82) is 5.26 Å². The van der Waals surface area contributed by atoms with Crippen molar-refractivity contribution in [3.63, 3.8) is 0 Å². The van der Waals surface area contributed by atoms with Gasteiger partial charge in [-0.2, -0.15) is 5.26 Å². The first-order valence-corrected chi connectivity index (χ1v) is 4.81. The molecule has 14 heavy (non-hydrogen) atoms. The molecule has 72 valence electrons. The lowest BCUT2D eigenvalue weighted by Crippen LogP contribution is -2.02. The molecule has 0 amide bonds. The maximum atomic E-state index is 10.5. The summed E-state index contributed by atoms with van der Waals surface area (Å²) in [6, 6.07) is 4.92. The molecule has 0 spiro atoms. The fourth-order valence-corrected chi connectivity index (χ4v) is 1.99. The van der Waals surface area contributed by atoms with Crippen LogP contribution in [0.15, 0.2) is 16.6 Å². The Balaban J connectivity index is 3.19. The summed E-state index contributed by atoms with van der Waals surface area (Å²) < 4.78 is 0.545. The second-order valence-electron chi connectivity index (χ2n) is 2.60. The second kappa shape index (κ2) is 4.45. The van der Waals surface area contributed by atoms with Crippen LogP contribution in [0.1, 0.15) is 11.1 Å². The Morgan fingerprint density at radius 1 is 1.64 bits per heavy atom. The molecule has 0 aliphatic heterocycles. The molecule has 0 saturated heterocycles. The van der Waals surface area contributed by atoms with Gasteiger partial charge in [0.25, 0.3) is 0 Å². The van der Waals surface area contributed by atoms with Gasteiger partial charge in [0.2, 0.25) is 0 Å². The number of hydrogen-bond donors (Lipinski definition) is 1. The molecular formula is C9H5BrClNO2. The molecular weight excluding hydrogens is 269 g/mol. The number of nitrogens with zero attached hydrogens (tertiary/aromatic N) is 1. The van der Waals surface area contributed by atoms with Crippen LogP contribution in [0.4, 0.5) is 0 Å². The second-order valence-corrected chi connectivity index (χ2v) is 3.86. The maximum Gasteiger partial charge on any atom is 0.307 e. The quantitative estimate of drug-likeness (QED) is 0.901. The Kier molecular flexibility index (Phi) is 3.50. The average Bonchev–Trinajstić information content (AvgIpc) is 2.10. The molecule has 0 heterocycles. The van der Waals surface area contributed by atoms with Crippen molar-refractivity contribution < 1.29 is 9.90 Å². The van der Waals surface area contributed by atoms with Gasteiger partial charge in [-0.05, 0) is 17.7 Å². The summed E-state index contributed by atoms with van der Waals surface area (Å²) in [6.45, 7) is 0. The van der Waals surface area contributed by atoms with E-state index < -0.39 is 5.97 Å². The third kappa shape index (κ3) is 2.47. The molecule has 1 aromatic carbocycles. The lowest BCUT2D eigenvalue weighted by atomic mass is 10.1. The number of carboxylic acids is 1. The van der Waals surface area contributed by atoms with Gasteiger partial charge in [0.1, 0.15) is 0 Å². The Bertz CT molecular complexity index is 402. The van der Waals surface area contributed by atoms with Gasteiger partial charge in [-0.1, -0.05) is 27.5 Å². The third-order valence-electron chi connectivity index (χ3n) is 1.60. The SMILES string of the molecule is N#Cc1cc(Cl)c(CC(=O)O)c(Br)c1. The molecule has 1 rings (SSSR count). The molecule has 0 aliphatic rings. The van der Waals surface area contributed by atoms with E-state index in [1.165, 1.54) is 6.07 Å². The van der Waals surface area contributed by atoms with Crippen molar-refractivity contribution in [2.45, 2.75) is 6.42 Å². The highest BCUT2D eigenvalue weighted by Gasteiger charge is 2.11. The van der Waals surface area contributed by atoms with E-state index in [4.69, 9.17) is 22.0 Å². The predicted octanol–water partition coefficient (Wildman–Crippen LogP) is 2.60. The van der Waals surface area contributed by atoms with Crippen LogP contribution < -0.4 is 0 Å². The van der Waals surface area contributed by atoms with Crippen LogP contribution in [0.5, 0.6) is 0 Å². The van der Waals surface area contributed by atoms with E-state index in [-0.39, 0.29) is 6.42 Å². The van der Waals surface area contributed by atoms with Crippen LogP contribution in [-0.2, 0) is 11.2 Å². The fourth-order valence-electron chi connectivity index (χ4n) is 0.988. The minimum Gasteiger partial charge on any atom is -0.481 e. The molecule has 0 unspecified atom stereocenters. The number of nitriles is 1. The van der Waals surface area contributed by atoms with Crippen molar-refractivity contribution in [3.8, 4) is 6.07 Å². The van der Waals surface area contributed by atoms with Crippen LogP contribution in [0, 0.1) is 11.3 Å². The lowest BCUT2D eigenvalue weighted by Gasteiger charge is -2.04. The molecule has 0 aliphatic carbocycles. The summed E-state index contributed by atoms with van der Waals surface area (Å²) in [6.07, 6.45) is -0.162. The molecule has 0 atom stereocenters. The first kappa shape index (κ1) is 11.0. The van der Waals surface area contributed by atoms with Crippen LogP contribution in [0.2, 0.25) is 5.02 Å². The van der Waals surface area contributed by atoms with Gasteiger partial charge in [0.05, 0.1) is 18.1 Å². The molecule has 1 N–H and O–H groups in total. The number of aliphatic carboxylic acids is 1. The molecule has 0 fully saturated rings. The minimum absolute atomic E-state index is 0.162. The first-order chi connectivity index (χ1) is 6.54. The number of halogens is 2. The van der Waals surface area contributed by atoms with Gasteiger partial charge in [-0.15, -0.1) is 0 Å². The topological polar surface area (TPSA) is 61.1 Å². The molecule has 0 radical (unpaired) electrons. The summed E-state index contributed by atoms with van der Waals surface area (Å²) in [5.41, 5.74) is 0.884. The van der Waals surface area contributed by atoms with Gasteiger partial charge < -0.3 is 5.11 Å². The molecule has 0 aromatic heterocycles. The van der Waals surface area contributed by atoms with E-state index in [1.807, 2.05) is 6.07 Å². The Morgan fingerprint density at radius 2 is 2.29 bits per heavy atom. The minimum atomic E-state index is -0.961. The Morgan fingerprint density at radius 3 is 2.71 bits per heavy atom. The van der Waals surface area contributed by atoms with Gasteiger partial charge in [-0.3, -0.25) is 4.79 Å². The van der Waals surface area contributed by atoms with E-state index in [0.717, 1.165) is 0 Å². The predicted molar refractivity (Wildman–Crippen MR) is 55.2 cm³/mol. The summed E-state index contributed by atoms with van der Waals surface area (Å²) >= 11 is 8.98. The largest absolute Gasteiger partial charge is 0.481 e. The average molecular weight is 275 g/mol. The van der Waals surface area contributed by atoms with Gasteiger partial charge >= 0.3 is 5.97 Å². The Hall–Kier alpha value is -1.05. The zero-order valence-corrected chi connectivity index (χ0v) is 9.26. The molecule has 3 nitrogen and oxygen atoms in total. The molecule has 0 bridgehead atoms. The highest BCUT2D eigenvalue weighted by molar-refractivity contribution is 9.10. The smallest absolute Gasteiger partial charge is 0.307 e. The van der Waals surface area contributed by atoms with E-state index in [2.05, 4.69) is 15.9 Å². The van der Waals surface area contributed by atoms with Gasteiger partial charge in [0.15, 0.2) is 0 Å². The Labute approximate surface area is 94.0 Å². The van der Waals surface area contributed by atoms with Crippen LogP contribution >= 0.6 is 27.5 Å². The summed E-state index contributed by atoms with van der Waals surface area (Å²) in [5, 5.41) is 17.5. The van der Waals surface area contributed by atoms with Crippen LogP contribution in [0.25, 0.3) is 0 Å². The maximum absolute atomic E-state index is 10.5. The van der Waals surface area contributed by atoms with Crippen molar-refractivity contribution in [3.05, 3.63) is 32.8 Å². The van der Waals surface area contributed by atoms with E-state index >= 15 is 0 Å². The molecule has 0 saturated carbocycles. The first-order valence-electron chi connectivity index (χ1n) is 3.64. The number of hydrogen-bond acceptors (Lipinski definition) is 2. The van der Waals surface area contributed by atoms with Crippen LogP contribution in [-0.4, -0.2) is 11.1 Å². The number of carbonyl (C=O) groups is 1. The van der Waals surface area contributed by atoms with E-state index in [1.54, 1.807) is 6.07 Å². The number of benzene rings is 1. The van der Waals surface area contributed by atoms with Gasteiger partial charge in [0, 0.05) is 9.50 Å². The van der Waals surface area contributed by atoms with Crippen molar-refractivity contribution in [1.82, 2.24) is 0 Å². The van der Waals surface area contributed by atoms with E-state index in [9.17, 15) is 4.79 Å². The van der Waals surface area contributed by atoms with Crippen molar-refractivity contribution >= 4 is 33.5 Å². The number of rotatable bonds is 2. The van der Waals surface area contributed by atoms with Crippen molar-refractivity contribution in [2.75, 3.05) is 0 Å². The lowest BCUT2D eigenvalue weighted by molar-refractivity contribution is -0.136. The van der Waals surface area contributed by atoms with E-state index in [0.29, 0.717) is 20.6 Å². The van der Waals surface area contributed by atoms with Crippen molar-refractivity contribution in [2.24, 2.45) is 0 Å².